The summed E-state index contributed by atoms with van der Waals surface area (Å²) >= 11 is 0. The Morgan fingerprint density at radius 1 is 1.04 bits per heavy atom. The SMILES string of the molecule is CC(C)CCNC(=O)c1ccc(NC(=O)N2CCCCc3ccccc32)cc1. The molecule has 5 nitrogen and oxygen atoms in total. The molecule has 1 heterocycles. The summed E-state index contributed by atoms with van der Waals surface area (Å²) < 4.78 is 0. The minimum absolute atomic E-state index is 0.0834. The number of aryl methyl sites for hydroxylation is 1. The average Bonchev–Trinajstić information content (AvgIpc) is 2.91. The quantitative estimate of drug-likeness (QED) is 0.781. The summed E-state index contributed by atoms with van der Waals surface area (Å²) in [6.07, 6.45) is 4.02. The van der Waals surface area contributed by atoms with Crippen LogP contribution < -0.4 is 15.5 Å². The van der Waals surface area contributed by atoms with Crippen LogP contribution in [0.3, 0.4) is 0 Å². The van der Waals surface area contributed by atoms with Crippen LogP contribution in [0, 0.1) is 5.92 Å². The molecule has 0 radical (unpaired) electrons. The smallest absolute Gasteiger partial charge is 0.326 e. The molecule has 3 amide bonds. The van der Waals surface area contributed by atoms with E-state index in [1.165, 1.54) is 5.56 Å². The van der Waals surface area contributed by atoms with Gasteiger partial charge in [0.15, 0.2) is 0 Å². The molecule has 0 saturated carbocycles. The van der Waals surface area contributed by atoms with E-state index in [0.29, 0.717) is 30.3 Å². The van der Waals surface area contributed by atoms with Crippen LogP contribution in [0.25, 0.3) is 0 Å². The number of anilines is 2. The predicted molar refractivity (Wildman–Crippen MR) is 114 cm³/mol. The van der Waals surface area contributed by atoms with E-state index in [-0.39, 0.29) is 11.9 Å². The van der Waals surface area contributed by atoms with E-state index in [1.807, 2.05) is 23.1 Å². The van der Waals surface area contributed by atoms with E-state index in [2.05, 4.69) is 30.5 Å². The number of nitrogens with one attached hydrogen (secondary N) is 2. The Morgan fingerprint density at radius 2 is 1.79 bits per heavy atom. The molecule has 0 fully saturated rings. The molecule has 1 aliphatic heterocycles. The van der Waals surface area contributed by atoms with Gasteiger partial charge in [-0.25, -0.2) is 4.79 Å². The van der Waals surface area contributed by atoms with Gasteiger partial charge in [0.05, 0.1) is 0 Å². The van der Waals surface area contributed by atoms with Crippen LogP contribution >= 0.6 is 0 Å². The standard InChI is InChI=1S/C23H29N3O2/c1-17(2)14-15-24-22(27)19-10-12-20(13-11-19)25-23(28)26-16-6-5-8-18-7-3-4-9-21(18)26/h3-4,7,9-13,17H,5-6,8,14-16H2,1-2H3,(H,24,27)(H,25,28). The number of nitrogens with zero attached hydrogens (tertiary/aromatic N) is 1. The lowest BCUT2D eigenvalue weighted by atomic mass is 10.1. The maximum atomic E-state index is 12.8. The second-order valence-electron chi connectivity index (χ2n) is 7.68. The number of urea groups is 1. The molecule has 0 atom stereocenters. The van der Waals surface area contributed by atoms with E-state index in [0.717, 1.165) is 31.4 Å². The van der Waals surface area contributed by atoms with Crippen molar-refractivity contribution < 1.29 is 9.59 Å². The Hall–Kier alpha value is -2.82. The summed E-state index contributed by atoms with van der Waals surface area (Å²) in [7, 11) is 0. The van der Waals surface area contributed by atoms with Crippen molar-refractivity contribution >= 4 is 23.3 Å². The fraction of sp³-hybridized carbons (Fsp3) is 0.391. The third-order valence-corrected chi connectivity index (χ3v) is 5.01. The third kappa shape index (κ3) is 5.12. The van der Waals surface area contributed by atoms with Crippen molar-refractivity contribution in [3.05, 3.63) is 59.7 Å². The fourth-order valence-corrected chi connectivity index (χ4v) is 3.37. The minimum atomic E-state index is -0.136. The Morgan fingerprint density at radius 3 is 2.54 bits per heavy atom. The van der Waals surface area contributed by atoms with Crippen molar-refractivity contribution in [3.8, 4) is 0 Å². The number of para-hydroxylation sites is 1. The molecule has 2 aromatic rings. The van der Waals surface area contributed by atoms with Gasteiger partial charge in [0, 0.05) is 30.0 Å². The zero-order valence-corrected chi connectivity index (χ0v) is 16.7. The largest absolute Gasteiger partial charge is 0.352 e. The molecule has 2 aromatic carbocycles. The normalized spacial score (nSPS) is 13.6. The van der Waals surface area contributed by atoms with E-state index < -0.39 is 0 Å². The number of hydrogen-bond donors (Lipinski definition) is 2. The topological polar surface area (TPSA) is 61.4 Å². The number of amides is 3. The minimum Gasteiger partial charge on any atom is -0.352 e. The van der Waals surface area contributed by atoms with E-state index >= 15 is 0 Å². The maximum Gasteiger partial charge on any atom is 0.326 e. The van der Waals surface area contributed by atoms with Crippen LogP contribution in [0.2, 0.25) is 0 Å². The second-order valence-corrected chi connectivity index (χ2v) is 7.68. The lowest BCUT2D eigenvalue weighted by molar-refractivity contribution is 0.0952. The first-order valence-corrected chi connectivity index (χ1v) is 10.1. The van der Waals surface area contributed by atoms with E-state index in [4.69, 9.17) is 0 Å². The molecule has 0 aliphatic carbocycles. The van der Waals surface area contributed by atoms with Crippen molar-refractivity contribution in [2.45, 2.75) is 39.5 Å². The van der Waals surface area contributed by atoms with E-state index in [9.17, 15) is 9.59 Å². The van der Waals surface area contributed by atoms with Crippen molar-refractivity contribution in [3.63, 3.8) is 0 Å². The highest BCUT2D eigenvalue weighted by Gasteiger charge is 2.21. The molecular formula is C23H29N3O2. The van der Waals surface area contributed by atoms with Crippen molar-refractivity contribution in [2.75, 3.05) is 23.3 Å². The van der Waals surface area contributed by atoms with Gasteiger partial charge < -0.3 is 10.6 Å². The van der Waals surface area contributed by atoms with Gasteiger partial charge in [-0.15, -0.1) is 0 Å². The average molecular weight is 380 g/mol. The molecule has 1 aliphatic rings. The zero-order chi connectivity index (χ0) is 19.9. The molecule has 5 heteroatoms. The van der Waals surface area contributed by atoms with Gasteiger partial charge in [0.25, 0.3) is 5.91 Å². The number of benzene rings is 2. The van der Waals surface area contributed by atoms with Crippen molar-refractivity contribution in [2.24, 2.45) is 5.92 Å². The molecule has 148 valence electrons. The predicted octanol–water partition coefficient (Wildman–Crippen LogP) is 4.84. The lowest BCUT2D eigenvalue weighted by Gasteiger charge is -2.23. The molecule has 2 N–H and O–H groups in total. The number of fused-ring (bicyclic) bond motifs is 1. The number of carbonyl (C=O) groups excluding carboxylic acids is 2. The van der Waals surface area contributed by atoms with Crippen molar-refractivity contribution in [1.29, 1.82) is 0 Å². The van der Waals surface area contributed by atoms with Gasteiger partial charge in [-0.3, -0.25) is 9.69 Å². The molecule has 0 bridgehead atoms. The summed E-state index contributed by atoms with van der Waals surface area (Å²) in [5.41, 5.74) is 3.48. The highest BCUT2D eigenvalue weighted by molar-refractivity contribution is 6.02. The first-order chi connectivity index (χ1) is 13.5. The van der Waals surface area contributed by atoms with Gasteiger partial charge in [0.1, 0.15) is 0 Å². The highest BCUT2D eigenvalue weighted by atomic mass is 16.2. The maximum absolute atomic E-state index is 12.8. The molecule has 0 aromatic heterocycles. The summed E-state index contributed by atoms with van der Waals surface area (Å²) in [5.74, 6) is 0.474. The Labute approximate surface area is 167 Å². The van der Waals surface area contributed by atoms with Crippen LogP contribution in [0.15, 0.2) is 48.5 Å². The van der Waals surface area contributed by atoms with Gasteiger partial charge in [-0.1, -0.05) is 32.0 Å². The number of rotatable bonds is 5. The van der Waals surface area contributed by atoms with Crippen LogP contribution in [0.5, 0.6) is 0 Å². The molecular weight excluding hydrogens is 350 g/mol. The lowest BCUT2D eigenvalue weighted by Crippen LogP contribution is -2.35. The summed E-state index contributed by atoms with van der Waals surface area (Å²) in [6.45, 7) is 5.64. The third-order valence-electron chi connectivity index (χ3n) is 5.01. The number of hydrogen-bond acceptors (Lipinski definition) is 2. The first-order valence-electron chi connectivity index (χ1n) is 10.1. The summed E-state index contributed by atoms with van der Waals surface area (Å²) in [5, 5.41) is 5.89. The monoisotopic (exact) mass is 379 g/mol. The van der Waals surface area contributed by atoms with Crippen LogP contribution in [-0.4, -0.2) is 25.0 Å². The van der Waals surface area contributed by atoms with Gasteiger partial charge in [-0.2, -0.15) is 0 Å². The van der Waals surface area contributed by atoms with E-state index in [1.54, 1.807) is 24.3 Å². The molecule has 28 heavy (non-hydrogen) atoms. The molecule has 0 saturated heterocycles. The molecule has 0 unspecified atom stereocenters. The van der Waals surface area contributed by atoms with Gasteiger partial charge in [-0.05, 0) is 67.5 Å². The number of carbonyl (C=O) groups is 2. The van der Waals surface area contributed by atoms with Gasteiger partial charge in [0.2, 0.25) is 0 Å². The first kappa shape index (κ1) is 19.9. The Balaban J connectivity index is 1.62. The Kier molecular flexibility index (Phi) is 6.69. The summed E-state index contributed by atoms with van der Waals surface area (Å²) in [4.78, 5) is 26.8. The van der Waals surface area contributed by atoms with Crippen LogP contribution in [0.1, 0.15) is 49.0 Å². The van der Waals surface area contributed by atoms with Gasteiger partial charge >= 0.3 is 6.03 Å². The van der Waals surface area contributed by atoms with Crippen LogP contribution in [-0.2, 0) is 6.42 Å². The zero-order valence-electron chi connectivity index (χ0n) is 16.7. The second kappa shape index (κ2) is 9.40. The highest BCUT2D eigenvalue weighted by Crippen LogP contribution is 2.26. The van der Waals surface area contributed by atoms with Crippen molar-refractivity contribution in [1.82, 2.24) is 5.32 Å². The Bertz CT molecular complexity index is 815. The van der Waals surface area contributed by atoms with Crippen LogP contribution in [0.4, 0.5) is 16.2 Å². The summed E-state index contributed by atoms with van der Waals surface area (Å²) in [6, 6.07) is 15.0. The fourth-order valence-electron chi connectivity index (χ4n) is 3.37. The molecule has 3 rings (SSSR count). The molecule has 0 spiro atoms.